The van der Waals surface area contributed by atoms with Crippen LogP contribution in [0.1, 0.15) is 78.9 Å². The maximum absolute atomic E-state index is 12.5. The van der Waals surface area contributed by atoms with Gasteiger partial charge in [-0.15, -0.1) is 0 Å². The number of hydrogen-bond acceptors (Lipinski definition) is 6. The Balaban J connectivity index is 1.08. The number of carbonyl (C=O) groups is 1. The molecule has 2 aromatic rings. The Kier molecular flexibility index (Phi) is 9.31. The predicted molar refractivity (Wildman–Crippen MR) is 148 cm³/mol. The first-order valence-corrected chi connectivity index (χ1v) is 14.5. The van der Waals surface area contributed by atoms with Gasteiger partial charge in [-0.2, -0.15) is 0 Å². The first-order chi connectivity index (χ1) is 18.6. The van der Waals surface area contributed by atoms with Gasteiger partial charge in [0.15, 0.2) is 0 Å². The Morgan fingerprint density at radius 1 is 1.18 bits per heavy atom. The minimum Gasteiger partial charge on any atom is -0.480 e. The van der Waals surface area contributed by atoms with Crippen LogP contribution in [-0.4, -0.2) is 60.4 Å². The van der Waals surface area contributed by atoms with Gasteiger partial charge in [0.2, 0.25) is 0 Å². The number of carboxylic acid groups (broad SMARTS) is 1. The van der Waals surface area contributed by atoms with E-state index in [1.807, 2.05) is 0 Å². The van der Waals surface area contributed by atoms with Gasteiger partial charge >= 0.3 is 5.97 Å². The predicted octanol–water partition coefficient (Wildman–Crippen LogP) is 5.17. The summed E-state index contributed by atoms with van der Waals surface area (Å²) in [7, 11) is 1.66. The van der Waals surface area contributed by atoms with Crippen LogP contribution in [0.3, 0.4) is 0 Å². The number of aryl methyl sites for hydroxylation is 2. The number of rotatable bonds is 14. The number of hydrogen-bond donors (Lipinski definition) is 2. The molecule has 3 heterocycles. The van der Waals surface area contributed by atoms with Crippen molar-refractivity contribution < 1.29 is 19.4 Å². The molecule has 0 spiro atoms. The van der Waals surface area contributed by atoms with E-state index >= 15 is 0 Å². The van der Waals surface area contributed by atoms with E-state index in [9.17, 15) is 9.90 Å². The first-order valence-electron chi connectivity index (χ1n) is 14.5. The molecule has 2 N–H and O–H groups in total. The van der Waals surface area contributed by atoms with E-state index in [1.54, 1.807) is 7.11 Å². The number of fused-ring (bicyclic) bond motifs is 1. The van der Waals surface area contributed by atoms with E-state index in [4.69, 9.17) is 14.5 Å². The minimum atomic E-state index is -0.794. The largest absolute Gasteiger partial charge is 0.480 e. The molecule has 1 saturated carbocycles. The van der Waals surface area contributed by atoms with Crippen LogP contribution in [0.15, 0.2) is 30.3 Å². The zero-order chi connectivity index (χ0) is 26.3. The summed E-state index contributed by atoms with van der Waals surface area (Å²) in [6.45, 7) is 3.56. The Morgan fingerprint density at radius 3 is 2.89 bits per heavy atom. The number of benzene rings is 1. The molecule has 7 nitrogen and oxygen atoms in total. The molecular formula is C31H43N3O4. The maximum atomic E-state index is 12.5. The Morgan fingerprint density at radius 2 is 2.08 bits per heavy atom. The van der Waals surface area contributed by atoms with Crippen molar-refractivity contribution in [3.63, 3.8) is 0 Å². The second-order valence-electron chi connectivity index (χ2n) is 11.3. The molecule has 1 aromatic heterocycles. The number of nitrogens with one attached hydrogen (secondary N) is 1. The molecule has 1 aliphatic carbocycles. The van der Waals surface area contributed by atoms with Gasteiger partial charge in [0, 0.05) is 39.0 Å². The number of nitrogens with zero attached hydrogens (tertiary/aromatic N) is 2. The second kappa shape index (κ2) is 13.0. The lowest BCUT2D eigenvalue weighted by atomic mass is 9.95. The Hall–Kier alpha value is -2.48. The highest BCUT2D eigenvalue weighted by atomic mass is 16.5. The van der Waals surface area contributed by atoms with Crippen molar-refractivity contribution in [1.82, 2.24) is 9.88 Å². The van der Waals surface area contributed by atoms with Crippen LogP contribution in [0.25, 0.3) is 0 Å². The van der Waals surface area contributed by atoms with Crippen LogP contribution in [-0.2, 0) is 40.1 Å². The standard InChI is InChI=1S/C31H43N3O4/c1-37-21-25-11-10-23(18-22-8-9-22)19-28(25)29(31(35)36)34-16-14-27(20-34)38-17-4-2-3-7-26-13-12-24-6-5-15-32-30(24)33-26/h10-13,19,22,27,29H,2-9,14-18,20-21H2,1H3,(H,32,33)(H,35,36)/t27-,29+/m1/s1. The topological polar surface area (TPSA) is 83.9 Å². The summed E-state index contributed by atoms with van der Waals surface area (Å²) in [5.74, 6) is 1.04. The molecule has 206 valence electrons. The lowest BCUT2D eigenvalue weighted by Crippen LogP contribution is -2.34. The molecule has 1 saturated heterocycles. The van der Waals surface area contributed by atoms with E-state index in [-0.39, 0.29) is 6.10 Å². The van der Waals surface area contributed by atoms with Crippen molar-refractivity contribution in [1.29, 1.82) is 0 Å². The first kappa shape index (κ1) is 27.1. The highest BCUT2D eigenvalue weighted by Crippen LogP contribution is 2.35. The van der Waals surface area contributed by atoms with Crippen molar-refractivity contribution in [2.75, 3.05) is 38.7 Å². The van der Waals surface area contributed by atoms with Crippen molar-refractivity contribution in [3.8, 4) is 0 Å². The number of methoxy groups -OCH3 is 1. The summed E-state index contributed by atoms with van der Waals surface area (Å²) in [4.78, 5) is 19.4. The molecule has 0 unspecified atom stereocenters. The van der Waals surface area contributed by atoms with Gasteiger partial charge in [0.1, 0.15) is 11.9 Å². The smallest absolute Gasteiger partial charge is 0.325 e. The van der Waals surface area contributed by atoms with Crippen molar-refractivity contribution >= 4 is 11.8 Å². The third-order valence-electron chi connectivity index (χ3n) is 8.18. The van der Waals surface area contributed by atoms with Crippen LogP contribution < -0.4 is 5.32 Å². The number of likely N-dealkylation sites (tertiary alicyclic amines) is 1. The molecule has 3 aliphatic rings. The number of ether oxygens (including phenoxy) is 2. The number of carboxylic acids is 1. The number of unbranched alkanes of at least 4 members (excludes halogenated alkanes) is 2. The number of aliphatic carboxylic acids is 1. The quantitative estimate of drug-likeness (QED) is 0.332. The van der Waals surface area contributed by atoms with Crippen molar-refractivity contribution in [2.45, 2.75) is 83.0 Å². The molecule has 2 fully saturated rings. The zero-order valence-electron chi connectivity index (χ0n) is 22.8. The highest BCUT2D eigenvalue weighted by Gasteiger charge is 2.35. The van der Waals surface area contributed by atoms with E-state index in [0.29, 0.717) is 13.2 Å². The monoisotopic (exact) mass is 521 g/mol. The molecule has 7 heteroatoms. The van der Waals surface area contributed by atoms with Gasteiger partial charge < -0.3 is 19.9 Å². The van der Waals surface area contributed by atoms with Crippen LogP contribution in [0.2, 0.25) is 0 Å². The van der Waals surface area contributed by atoms with Crippen molar-refractivity contribution in [3.05, 3.63) is 58.3 Å². The fourth-order valence-electron chi connectivity index (χ4n) is 5.92. The van der Waals surface area contributed by atoms with Crippen LogP contribution >= 0.6 is 0 Å². The number of anilines is 1. The fourth-order valence-corrected chi connectivity index (χ4v) is 5.92. The summed E-state index contributed by atoms with van der Waals surface area (Å²) in [6, 6.07) is 10.1. The summed E-state index contributed by atoms with van der Waals surface area (Å²) in [5, 5.41) is 13.7. The van der Waals surface area contributed by atoms with Crippen LogP contribution in [0.4, 0.5) is 5.82 Å². The third-order valence-corrected chi connectivity index (χ3v) is 8.18. The molecular weight excluding hydrogens is 478 g/mol. The summed E-state index contributed by atoms with van der Waals surface area (Å²) in [5.41, 5.74) is 5.59. The van der Waals surface area contributed by atoms with Gasteiger partial charge in [0.05, 0.1) is 12.7 Å². The van der Waals surface area contributed by atoms with Gasteiger partial charge in [-0.1, -0.05) is 30.7 Å². The highest BCUT2D eigenvalue weighted by molar-refractivity contribution is 5.76. The summed E-state index contributed by atoms with van der Waals surface area (Å²) >= 11 is 0. The molecule has 1 aromatic carbocycles. The molecule has 5 rings (SSSR count). The zero-order valence-corrected chi connectivity index (χ0v) is 22.8. The molecule has 0 radical (unpaired) electrons. The summed E-state index contributed by atoms with van der Waals surface area (Å²) in [6.07, 6.45) is 11.1. The molecule has 2 aliphatic heterocycles. The molecule has 0 bridgehead atoms. The average molecular weight is 522 g/mol. The lowest BCUT2D eigenvalue weighted by molar-refractivity contribution is -0.143. The normalized spacial score (nSPS) is 20.2. The number of aromatic nitrogens is 1. The molecule has 38 heavy (non-hydrogen) atoms. The maximum Gasteiger partial charge on any atom is 0.325 e. The second-order valence-corrected chi connectivity index (χ2v) is 11.3. The van der Waals surface area contributed by atoms with Gasteiger partial charge in [0.25, 0.3) is 0 Å². The summed E-state index contributed by atoms with van der Waals surface area (Å²) < 4.78 is 11.6. The van der Waals surface area contributed by atoms with E-state index < -0.39 is 12.0 Å². The number of pyridine rings is 1. The average Bonchev–Trinajstić information content (AvgIpc) is 3.62. The van der Waals surface area contributed by atoms with E-state index in [0.717, 1.165) is 87.5 Å². The Labute approximate surface area is 226 Å². The molecule has 0 amide bonds. The van der Waals surface area contributed by atoms with Gasteiger partial charge in [-0.25, -0.2) is 4.98 Å². The van der Waals surface area contributed by atoms with Crippen LogP contribution in [0.5, 0.6) is 0 Å². The van der Waals surface area contributed by atoms with Gasteiger partial charge in [-0.3, -0.25) is 9.69 Å². The lowest BCUT2D eigenvalue weighted by Gasteiger charge is -2.27. The molecule has 2 atom stereocenters. The van der Waals surface area contributed by atoms with Crippen molar-refractivity contribution in [2.24, 2.45) is 5.92 Å². The third kappa shape index (κ3) is 7.13. The fraction of sp³-hybridized carbons (Fsp3) is 0.613. The minimum absolute atomic E-state index is 0.0887. The van der Waals surface area contributed by atoms with E-state index in [2.05, 4.69) is 40.5 Å². The Bertz CT molecular complexity index is 1090. The van der Waals surface area contributed by atoms with Gasteiger partial charge in [-0.05, 0) is 92.0 Å². The van der Waals surface area contributed by atoms with Crippen LogP contribution in [0, 0.1) is 5.92 Å². The SMILES string of the molecule is COCc1ccc(CC2CC2)cc1[C@@H](C(=O)O)N1CC[C@@H](OCCCCCc2ccc3c(n2)NCCC3)C1. The van der Waals surface area contributed by atoms with E-state index in [1.165, 1.54) is 36.1 Å².